The van der Waals surface area contributed by atoms with Gasteiger partial charge in [0.1, 0.15) is 0 Å². The molecule has 3 aromatic rings. The maximum absolute atomic E-state index is 6.59. The number of hydrogen-bond acceptors (Lipinski definition) is 4. The van der Waals surface area contributed by atoms with E-state index in [1.165, 1.54) is 22.3 Å². The number of benzene rings is 3. The van der Waals surface area contributed by atoms with Gasteiger partial charge in [0.15, 0.2) is 8.32 Å². The summed E-state index contributed by atoms with van der Waals surface area (Å²) in [7, 11) is -1.84. The van der Waals surface area contributed by atoms with E-state index in [1.54, 1.807) is 0 Å². The van der Waals surface area contributed by atoms with Crippen molar-refractivity contribution in [1.82, 2.24) is 5.32 Å². The lowest BCUT2D eigenvalue weighted by Gasteiger charge is -2.35. The van der Waals surface area contributed by atoms with E-state index < -0.39 is 8.32 Å². The molecular weight excluding hydrogens is 522 g/mol. The molecular formula is C36H49NO3Si. The van der Waals surface area contributed by atoms with Gasteiger partial charge in [-0.1, -0.05) is 123 Å². The van der Waals surface area contributed by atoms with Crippen molar-refractivity contribution in [2.75, 3.05) is 19.8 Å². The summed E-state index contributed by atoms with van der Waals surface area (Å²) in [5, 5.41) is 4.06. The molecule has 0 amide bonds. The molecule has 0 aromatic heterocycles. The molecule has 1 N–H and O–H groups in total. The molecule has 41 heavy (non-hydrogen) atoms. The third-order valence-corrected chi connectivity index (χ3v) is 13.2. The summed E-state index contributed by atoms with van der Waals surface area (Å²) in [5.41, 5.74) is 4.99. The molecule has 1 aliphatic carbocycles. The van der Waals surface area contributed by atoms with Crippen molar-refractivity contribution < 1.29 is 13.9 Å². The molecule has 0 bridgehead atoms. The summed E-state index contributed by atoms with van der Waals surface area (Å²) < 4.78 is 19.4. The molecule has 0 heterocycles. The molecule has 5 heteroatoms. The van der Waals surface area contributed by atoms with Crippen LogP contribution in [-0.4, -0.2) is 34.2 Å². The lowest BCUT2D eigenvalue weighted by Crippen LogP contribution is -2.40. The maximum atomic E-state index is 6.59. The zero-order valence-electron chi connectivity index (χ0n) is 25.7. The smallest absolute Gasteiger partial charge is 0.192 e. The third kappa shape index (κ3) is 9.49. The Hall–Kier alpha value is -2.54. The van der Waals surface area contributed by atoms with Gasteiger partial charge in [-0.25, -0.2) is 0 Å². The SMILES string of the molecule is CC(C)(C)[Si](C)(C)OC/C=C1\CC(COCc2ccccc2)(COCc2ccccc2)CC1NCc1ccccc1. The molecule has 3 aromatic carbocycles. The second kappa shape index (κ2) is 14.6. The van der Waals surface area contributed by atoms with Crippen LogP contribution in [0.2, 0.25) is 18.1 Å². The van der Waals surface area contributed by atoms with Crippen LogP contribution < -0.4 is 5.32 Å². The van der Waals surface area contributed by atoms with Gasteiger partial charge in [0.05, 0.1) is 33.0 Å². The van der Waals surface area contributed by atoms with Crippen LogP contribution in [0.5, 0.6) is 0 Å². The average Bonchev–Trinajstić information content (AvgIpc) is 3.30. The Balaban J connectivity index is 1.51. The first-order chi connectivity index (χ1) is 19.7. The van der Waals surface area contributed by atoms with Gasteiger partial charge in [-0.15, -0.1) is 0 Å². The first-order valence-corrected chi connectivity index (χ1v) is 17.9. The van der Waals surface area contributed by atoms with E-state index in [1.807, 2.05) is 12.1 Å². The first-order valence-electron chi connectivity index (χ1n) is 15.0. The largest absolute Gasteiger partial charge is 0.413 e. The quantitative estimate of drug-likeness (QED) is 0.156. The average molecular weight is 572 g/mol. The maximum Gasteiger partial charge on any atom is 0.192 e. The van der Waals surface area contributed by atoms with E-state index in [2.05, 4.69) is 124 Å². The Morgan fingerprint density at radius 2 is 1.27 bits per heavy atom. The molecule has 4 rings (SSSR count). The van der Waals surface area contributed by atoms with Gasteiger partial charge >= 0.3 is 0 Å². The van der Waals surface area contributed by atoms with Gasteiger partial charge in [0.2, 0.25) is 0 Å². The normalized spacial score (nSPS) is 18.2. The predicted molar refractivity (Wildman–Crippen MR) is 172 cm³/mol. The van der Waals surface area contributed by atoms with Crippen LogP contribution in [0.3, 0.4) is 0 Å². The summed E-state index contributed by atoms with van der Waals surface area (Å²) in [4.78, 5) is 0. The van der Waals surface area contributed by atoms with Crippen LogP contribution in [-0.2, 0) is 33.7 Å². The van der Waals surface area contributed by atoms with Crippen LogP contribution >= 0.6 is 0 Å². The second-order valence-electron chi connectivity index (χ2n) is 13.1. The lowest BCUT2D eigenvalue weighted by molar-refractivity contribution is -0.0297. The zero-order valence-corrected chi connectivity index (χ0v) is 26.7. The third-order valence-electron chi connectivity index (χ3n) is 8.69. The van der Waals surface area contributed by atoms with E-state index in [9.17, 15) is 0 Å². The second-order valence-corrected chi connectivity index (χ2v) is 17.9. The van der Waals surface area contributed by atoms with Crippen LogP contribution in [0.1, 0.15) is 50.3 Å². The van der Waals surface area contributed by atoms with Gasteiger partial charge in [0.25, 0.3) is 0 Å². The summed E-state index contributed by atoms with van der Waals surface area (Å²) in [6.07, 6.45) is 4.25. The Labute approximate surface area is 249 Å². The summed E-state index contributed by atoms with van der Waals surface area (Å²) in [5.74, 6) is 0. The fraction of sp³-hybridized carbons (Fsp3) is 0.444. The summed E-state index contributed by atoms with van der Waals surface area (Å²) in [6.45, 7) is 15.5. The number of rotatable bonds is 14. The fourth-order valence-electron chi connectivity index (χ4n) is 5.20. The Kier molecular flexibility index (Phi) is 11.2. The molecule has 1 atom stereocenters. The zero-order chi connectivity index (χ0) is 29.2. The van der Waals surface area contributed by atoms with Crippen LogP contribution in [0.4, 0.5) is 0 Å². The van der Waals surface area contributed by atoms with Crippen LogP contribution in [0.15, 0.2) is 103 Å². The number of ether oxygens (including phenoxy) is 2. The molecule has 0 saturated heterocycles. The van der Waals surface area contributed by atoms with Gasteiger partial charge in [-0.2, -0.15) is 0 Å². The highest BCUT2D eigenvalue weighted by molar-refractivity contribution is 6.74. The van der Waals surface area contributed by atoms with Crippen LogP contribution in [0.25, 0.3) is 0 Å². The van der Waals surface area contributed by atoms with Crippen molar-refractivity contribution in [2.24, 2.45) is 5.41 Å². The first kappa shape index (κ1) is 31.4. The molecule has 1 aliphatic rings. The van der Waals surface area contributed by atoms with Crippen LogP contribution in [0, 0.1) is 5.41 Å². The minimum Gasteiger partial charge on any atom is -0.413 e. The topological polar surface area (TPSA) is 39.7 Å². The molecule has 220 valence electrons. The van der Waals surface area contributed by atoms with Crippen molar-refractivity contribution in [1.29, 1.82) is 0 Å². The van der Waals surface area contributed by atoms with Crippen molar-refractivity contribution in [3.8, 4) is 0 Å². The minimum atomic E-state index is -1.84. The minimum absolute atomic E-state index is 0.110. The Morgan fingerprint density at radius 3 is 1.76 bits per heavy atom. The number of hydrogen-bond donors (Lipinski definition) is 1. The molecule has 0 spiro atoms. The molecule has 1 unspecified atom stereocenters. The van der Waals surface area contributed by atoms with Gasteiger partial charge in [-0.05, 0) is 47.7 Å². The highest BCUT2D eigenvalue weighted by Crippen LogP contribution is 2.43. The standard InChI is InChI=1S/C36H49NO3Si/c1-35(2,3)41(4,5)40-22-21-33-23-36(28-38-26-31-17-11-7-12-18-31,29-39-27-32-19-13-8-14-20-32)24-34(33)37-25-30-15-9-6-10-16-30/h6-21,34,37H,22-29H2,1-5H3/b33-21+. The summed E-state index contributed by atoms with van der Waals surface area (Å²) >= 11 is 0. The van der Waals surface area contributed by atoms with E-state index in [0.29, 0.717) is 33.0 Å². The number of nitrogens with one attached hydrogen (secondary N) is 1. The highest BCUT2D eigenvalue weighted by Gasteiger charge is 2.43. The molecule has 1 fully saturated rings. The fourth-order valence-corrected chi connectivity index (χ4v) is 6.13. The van der Waals surface area contributed by atoms with Crippen molar-refractivity contribution in [2.45, 2.75) is 77.5 Å². The van der Waals surface area contributed by atoms with Gasteiger partial charge in [-0.3, -0.25) is 0 Å². The van der Waals surface area contributed by atoms with Crippen molar-refractivity contribution in [3.63, 3.8) is 0 Å². The molecule has 4 nitrogen and oxygen atoms in total. The predicted octanol–water partition coefficient (Wildman–Crippen LogP) is 8.31. The van der Waals surface area contributed by atoms with E-state index in [0.717, 1.165) is 19.4 Å². The van der Waals surface area contributed by atoms with Gasteiger partial charge in [0, 0.05) is 18.0 Å². The monoisotopic (exact) mass is 571 g/mol. The van der Waals surface area contributed by atoms with E-state index in [4.69, 9.17) is 13.9 Å². The molecule has 0 radical (unpaired) electrons. The Bertz CT molecular complexity index is 1160. The van der Waals surface area contributed by atoms with Crippen molar-refractivity contribution >= 4 is 8.32 Å². The molecule has 0 aliphatic heterocycles. The van der Waals surface area contributed by atoms with Gasteiger partial charge < -0.3 is 19.2 Å². The molecule has 1 saturated carbocycles. The summed E-state index contributed by atoms with van der Waals surface area (Å²) in [6, 6.07) is 31.8. The van der Waals surface area contributed by atoms with Crippen molar-refractivity contribution in [3.05, 3.63) is 119 Å². The highest BCUT2D eigenvalue weighted by atomic mass is 28.4. The Morgan fingerprint density at radius 1 is 0.780 bits per heavy atom. The van der Waals surface area contributed by atoms with E-state index >= 15 is 0 Å². The lowest BCUT2D eigenvalue weighted by atomic mass is 9.87. The van der Waals surface area contributed by atoms with E-state index in [-0.39, 0.29) is 16.5 Å².